The Morgan fingerprint density at radius 3 is 2.76 bits per heavy atom. The number of hydrogen-bond acceptors (Lipinski definition) is 3. The van der Waals surface area contributed by atoms with Crippen LogP contribution in [0.1, 0.15) is 19.8 Å². The van der Waals surface area contributed by atoms with Gasteiger partial charge in [0.2, 0.25) is 5.91 Å². The molecule has 3 nitrogen and oxygen atoms in total. The number of amides is 1. The summed E-state index contributed by atoms with van der Waals surface area (Å²) >= 11 is -0.278. The molecule has 100 valence electrons. The predicted octanol–water partition coefficient (Wildman–Crippen LogP) is 1.83. The number of rotatable bonds is 3. The molecule has 1 saturated heterocycles. The highest BCUT2D eigenvalue weighted by molar-refractivity contribution is 8.00. The number of halogens is 3. The van der Waals surface area contributed by atoms with Gasteiger partial charge < -0.3 is 10.6 Å². The monoisotopic (exact) mass is 270 g/mol. The van der Waals surface area contributed by atoms with Crippen LogP contribution in [0.2, 0.25) is 0 Å². The molecule has 0 aliphatic carbocycles. The average Bonchev–Trinajstić information content (AvgIpc) is 2.25. The second kappa shape index (κ2) is 5.95. The Bertz CT molecular complexity index is 271. The summed E-state index contributed by atoms with van der Waals surface area (Å²) in [6, 6.07) is -0.0270. The van der Waals surface area contributed by atoms with E-state index < -0.39 is 17.2 Å². The number of alkyl halides is 3. The Morgan fingerprint density at radius 2 is 2.24 bits per heavy atom. The molecule has 1 amide bonds. The zero-order valence-electron chi connectivity index (χ0n) is 9.67. The lowest BCUT2D eigenvalue weighted by Crippen LogP contribution is -2.45. The molecule has 2 N–H and O–H groups in total. The van der Waals surface area contributed by atoms with E-state index in [1.807, 2.05) is 6.92 Å². The Kier molecular flexibility index (Phi) is 5.12. The number of carbonyl (C=O) groups is 1. The standard InChI is InChI=1S/C10H17F3N2OS/c1-7(14)8-3-2-4-15(5-8)9(16)6-17-10(11,12)13/h7-8H,2-6,14H2,1H3. The van der Waals surface area contributed by atoms with Crippen molar-refractivity contribution in [2.24, 2.45) is 11.7 Å². The number of nitrogens with two attached hydrogens (primary N) is 1. The first kappa shape index (κ1) is 14.6. The molecule has 0 aromatic rings. The molecule has 1 aliphatic rings. The molecule has 2 atom stereocenters. The van der Waals surface area contributed by atoms with Gasteiger partial charge in [0.15, 0.2) is 0 Å². The first-order chi connectivity index (χ1) is 7.79. The van der Waals surface area contributed by atoms with Crippen molar-refractivity contribution in [1.29, 1.82) is 0 Å². The maximum Gasteiger partial charge on any atom is 0.442 e. The highest BCUT2D eigenvalue weighted by atomic mass is 32.2. The van der Waals surface area contributed by atoms with E-state index in [0.717, 1.165) is 12.8 Å². The topological polar surface area (TPSA) is 46.3 Å². The van der Waals surface area contributed by atoms with Crippen molar-refractivity contribution in [3.05, 3.63) is 0 Å². The molecule has 17 heavy (non-hydrogen) atoms. The molecule has 0 saturated carbocycles. The van der Waals surface area contributed by atoms with Gasteiger partial charge in [-0.1, -0.05) is 0 Å². The summed E-state index contributed by atoms with van der Waals surface area (Å²) < 4.78 is 35.9. The Labute approximate surface area is 103 Å². The van der Waals surface area contributed by atoms with Gasteiger partial charge >= 0.3 is 5.51 Å². The van der Waals surface area contributed by atoms with Crippen LogP contribution in [0.15, 0.2) is 0 Å². The number of thioether (sulfide) groups is 1. The third kappa shape index (κ3) is 5.16. The third-order valence-corrected chi connectivity index (χ3v) is 3.63. The molecular weight excluding hydrogens is 253 g/mol. The summed E-state index contributed by atoms with van der Waals surface area (Å²) in [5, 5.41) is 0. The van der Waals surface area contributed by atoms with Gasteiger partial charge in [0.25, 0.3) is 0 Å². The molecule has 0 aromatic carbocycles. The minimum atomic E-state index is -4.34. The SMILES string of the molecule is CC(N)C1CCCN(C(=O)CSC(F)(F)F)C1. The normalized spacial score (nSPS) is 23.6. The van der Waals surface area contributed by atoms with Gasteiger partial charge in [0.05, 0.1) is 5.75 Å². The maximum absolute atomic E-state index is 12.0. The first-order valence-electron chi connectivity index (χ1n) is 5.53. The predicted molar refractivity (Wildman–Crippen MR) is 61.5 cm³/mol. The van der Waals surface area contributed by atoms with Gasteiger partial charge in [-0.15, -0.1) is 0 Å². The molecule has 0 bridgehead atoms. The van der Waals surface area contributed by atoms with Gasteiger partial charge in [0.1, 0.15) is 0 Å². The van der Waals surface area contributed by atoms with Crippen LogP contribution in [0, 0.1) is 5.92 Å². The molecule has 7 heteroatoms. The summed E-state index contributed by atoms with van der Waals surface area (Å²) in [5.41, 5.74) is 1.41. The van der Waals surface area contributed by atoms with E-state index in [4.69, 9.17) is 5.73 Å². The molecule has 0 radical (unpaired) electrons. The van der Waals surface area contributed by atoms with Gasteiger partial charge in [-0.3, -0.25) is 4.79 Å². The average molecular weight is 270 g/mol. The second-order valence-corrected chi connectivity index (χ2v) is 5.38. The van der Waals surface area contributed by atoms with E-state index >= 15 is 0 Å². The first-order valence-corrected chi connectivity index (χ1v) is 6.52. The second-order valence-electron chi connectivity index (χ2n) is 4.34. The lowest BCUT2D eigenvalue weighted by Gasteiger charge is -2.34. The van der Waals surface area contributed by atoms with E-state index in [9.17, 15) is 18.0 Å². The molecule has 1 rings (SSSR count). The fraction of sp³-hybridized carbons (Fsp3) is 0.900. The maximum atomic E-state index is 12.0. The smallest absolute Gasteiger partial charge is 0.342 e. The van der Waals surface area contributed by atoms with Crippen LogP contribution < -0.4 is 5.73 Å². The number of piperidine rings is 1. The number of likely N-dealkylation sites (tertiary alicyclic amines) is 1. The van der Waals surface area contributed by atoms with E-state index in [1.54, 1.807) is 0 Å². The van der Waals surface area contributed by atoms with Crippen molar-refractivity contribution in [3.8, 4) is 0 Å². The minimum absolute atomic E-state index is 0.0270. The van der Waals surface area contributed by atoms with Gasteiger partial charge in [0, 0.05) is 19.1 Å². The Morgan fingerprint density at radius 1 is 1.59 bits per heavy atom. The zero-order valence-corrected chi connectivity index (χ0v) is 10.5. The number of hydrogen-bond donors (Lipinski definition) is 1. The van der Waals surface area contributed by atoms with Crippen molar-refractivity contribution >= 4 is 17.7 Å². The summed E-state index contributed by atoms with van der Waals surface area (Å²) in [4.78, 5) is 13.1. The summed E-state index contributed by atoms with van der Waals surface area (Å²) in [5.74, 6) is -0.781. The highest BCUT2D eigenvalue weighted by Gasteiger charge is 2.32. The van der Waals surface area contributed by atoms with Crippen molar-refractivity contribution in [3.63, 3.8) is 0 Å². The van der Waals surface area contributed by atoms with Crippen LogP contribution in [0.25, 0.3) is 0 Å². The van der Waals surface area contributed by atoms with Crippen LogP contribution >= 0.6 is 11.8 Å². The van der Waals surface area contributed by atoms with Gasteiger partial charge in [-0.25, -0.2) is 0 Å². The van der Waals surface area contributed by atoms with Crippen molar-refractivity contribution < 1.29 is 18.0 Å². The third-order valence-electron chi connectivity index (χ3n) is 2.91. The van der Waals surface area contributed by atoms with Crippen molar-refractivity contribution in [2.45, 2.75) is 31.3 Å². The molecule has 0 aromatic heterocycles. The minimum Gasteiger partial charge on any atom is -0.342 e. The summed E-state index contributed by atoms with van der Waals surface area (Å²) in [6.45, 7) is 2.89. The molecule has 1 heterocycles. The molecule has 2 unspecified atom stereocenters. The number of carbonyl (C=O) groups excluding carboxylic acids is 1. The Balaban J connectivity index is 2.41. The fourth-order valence-electron chi connectivity index (χ4n) is 1.90. The van der Waals surface area contributed by atoms with E-state index in [2.05, 4.69) is 0 Å². The number of nitrogens with zero attached hydrogens (tertiary/aromatic N) is 1. The molecule has 1 fully saturated rings. The largest absolute Gasteiger partial charge is 0.442 e. The van der Waals surface area contributed by atoms with E-state index in [1.165, 1.54) is 4.90 Å². The van der Waals surface area contributed by atoms with E-state index in [0.29, 0.717) is 13.1 Å². The summed E-state index contributed by atoms with van der Waals surface area (Å²) in [7, 11) is 0. The van der Waals surface area contributed by atoms with E-state index in [-0.39, 0.29) is 23.7 Å². The van der Waals surface area contributed by atoms with Crippen LogP contribution in [-0.4, -0.2) is 41.2 Å². The lowest BCUT2D eigenvalue weighted by atomic mass is 9.92. The van der Waals surface area contributed by atoms with Gasteiger partial charge in [-0.05, 0) is 37.4 Å². The zero-order chi connectivity index (χ0) is 13.1. The van der Waals surface area contributed by atoms with Crippen LogP contribution in [0.5, 0.6) is 0 Å². The highest BCUT2D eigenvalue weighted by Crippen LogP contribution is 2.30. The van der Waals surface area contributed by atoms with Crippen LogP contribution in [0.3, 0.4) is 0 Å². The van der Waals surface area contributed by atoms with Crippen molar-refractivity contribution in [1.82, 2.24) is 4.90 Å². The fourth-order valence-corrected chi connectivity index (χ4v) is 2.37. The van der Waals surface area contributed by atoms with Crippen molar-refractivity contribution in [2.75, 3.05) is 18.8 Å². The quantitative estimate of drug-likeness (QED) is 0.851. The molecule has 0 spiro atoms. The van der Waals surface area contributed by atoms with Crippen LogP contribution in [0.4, 0.5) is 13.2 Å². The summed E-state index contributed by atoms with van der Waals surface area (Å²) in [6.07, 6.45) is 1.75. The molecular formula is C10H17F3N2OS. The lowest BCUT2D eigenvalue weighted by molar-refractivity contribution is -0.130. The Hall–Kier alpha value is -0.430. The molecule has 1 aliphatic heterocycles. The van der Waals surface area contributed by atoms with Gasteiger partial charge in [-0.2, -0.15) is 13.2 Å². The van der Waals surface area contributed by atoms with Crippen LogP contribution in [-0.2, 0) is 4.79 Å².